The number of fused-ring (bicyclic) bond motifs is 1. The van der Waals surface area contributed by atoms with E-state index < -0.39 is 0 Å². The molecule has 1 aliphatic rings. The maximum absolute atomic E-state index is 11.9. The van der Waals surface area contributed by atoms with Crippen LogP contribution in [0.15, 0.2) is 54.9 Å². The Labute approximate surface area is 156 Å². The highest BCUT2D eigenvalue weighted by Gasteiger charge is 2.27. The van der Waals surface area contributed by atoms with Crippen molar-refractivity contribution in [2.24, 2.45) is 0 Å². The third-order valence-corrected chi connectivity index (χ3v) is 4.47. The molecule has 0 bridgehead atoms. The minimum absolute atomic E-state index is 0.0609. The number of carbonyl (C=O) groups excluding carboxylic acids is 1. The standard InChI is InChI=1S/C20H20N4O3/c1-14-4-2-3-5-18(14)27-11-10-26-16-8-6-15(7-9-16)17-12-19(25)23-20-21-13-22-24(17)20/h2-9,13,17H,10-12H2,1H3,(H,21,22,23,25). The molecule has 1 unspecified atom stereocenters. The summed E-state index contributed by atoms with van der Waals surface area (Å²) < 4.78 is 13.2. The summed E-state index contributed by atoms with van der Waals surface area (Å²) in [6, 6.07) is 15.4. The zero-order valence-corrected chi connectivity index (χ0v) is 15.0. The number of anilines is 1. The van der Waals surface area contributed by atoms with Crippen molar-refractivity contribution in [3.8, 4) is 11.5 Å². The third-order valence-electron chi connectivity index (χ3n) is 4.47. The maximum Gasteiger partial charge on any atom is 0.229 e. The van der Waals surface area contributed by atoms with Gasteiger partial charge in [0.2, 0.25) is 11.9 Å². The van der Waals surface area contributed by atoms with Gasteiger partial charge in [0.15, 0.2) is 0 Å². The van der Waals surface area contributed by atoms with Crippen LogP contribution in [0.1, 0.15) is 23.6 Å². The first-order chi connectivity index (χ1) is 13.2. The molecular formula is C20H20N4O3. The van der Waals surface area contributed by atoms with Crippen molar-refractivity contribution in [3.63, 3.8) is 0 Å². The lowest BCUT2D eigenvalue weighted by molar-refractivity contribution is -0.117. The Morgan fingerprint density at radius 3 is 2.70 bits per heavy atom. The van der Waals surface area contributed by atoms with E-state index in [4.69, 9.17) is 9.47 Å². The number of carbonyl (C=O) groups is 1. The summed E-state index contributed by atoms with van der Waals surface area (Å²) >= 11 is 0. The topological polar surface area (TPSA) is 78.3 Å². The van der Waals surface area contributed by atoms with Crippen molar-refractivity contribution < 1.29 is 14.3 Å². The predicted molar refractivity (Wildman–Crippen MR) is 100 cm³/mol. The van der Waals surface area contributed by atoms with E-state index in [9.17, 15) is 4.79 Å². The number of hydrogen-bond donors (Lipinski definition) is 1. The quantitative estimate of drug-likeness (QED) is 0.681. The summed E-state index contributed by atoms with van der Waals surface area (Å²) in [4.78, 5) is 15.9. The van der Waals surface area contributed by atoms with E-state index in [1.165, 1.54) is 6.33 Å². The number of rotatable bonds is 6. The summed E-state index contributed by atoms with van der Waals surface area (Å²) in [5, 5.41) is 6.93. The lowest BCUT2D eigenvalue weighted by Gasteiger charge is -2.23. The summed E-state index contributed by atoms with van der Waals surface area (Å²) in [5.41, 5.74) is 2.09. The average Bonchev–Trinajstić information content (AvgIpc) is 3.15. The van der Waals surface area contributed by atoms with Crippen LogP contribution in [-0.4, -0.2) is 33.9 Å². The molecule has 1 N–H and O–H groups in total. The van der Waals surface area contributed by atoms with Crippen LogP contribution in [0.3, 0.4) is 0 Å². The molecule has 1 aliphatic heterocycles. The highest BCUT2D eigenvalue weighted by Crippen LogP contribution is 2.29. The van der Waals surface area contributed by atoms with Gasteiger partial charge in [-0.3, -0.25) is 10.1 Å². The van der Waals surface area contributed by atoms with Crippen LogP contribution < -0.4 is 14.8 Å². The molecule has 2 heterocycles. The molecule has 4 rings (SSSR count). The number of para-hydroxylation sites is 1. The van der Waals surface area contributed by atoms with Crippen LogP contribution in [-0.2, 0) is 4.79 Å². The van der Waals surface area contributed by atoms with Gasteiger partial charge < -0.3 is 9.47 Å². The third kappa shape index (κ3) is 3.76. The average molecular weight is 364 g/mol. The molecule has 0 spiro atoms. The van der Waals surface area contributed by atoms with E-state index in [0.29, 0.717) is 25.6 Å². The van der Waals surface area contributed by atoms with Crippen LogP contribution in [0.4, 0.5) is 5.95 Å². The molecule has 7 heteroatoms. The van der Waals surface area contributed by atoms with Gasteiger partial charge in [0, 0.05) is 0 Å². The Hall–Kier alpha value is -3.35. The van der Waals surface area contributed by atoms with Crippen LogP contribution in [0.5, 0.6) is 11.5 Å². The van der Waals surface area contributed by atoms with Gasteiger partial charge in [0.1, 0.15) is 31.0 Å². The minimum Gasteiger partial charge on any atom is -0.490 e. The van der Waals surface area contributed by atoms with Gasteiger partial charge in [-0.1, -0.05) is 30.3 Å². The first-order valence-corrected chi connectivity index (χ1v) is 8.81. The highest BCUT2D eigenvalue weighted by molar-refractivity contribution is 5.91. The Kier molecular flexibility index (Phi) is 4.74. The first-order valence-electron chi connectivity index (χ1n) is 8.81. The van der Waals surface area contributed by atoms with Crippen molar-refractivity contribution in [1.29, 1.82) is 0 Å². The molecule has 3 aromatic rings. The molecule has 0 fully saturated rings. The van der Waals surface area contributed by atoms with E-state index in [0.717, 1.165) is 22.6 Å². The monoisotopic (exact) mass is 364 g/mol. The molecule has 1 amide bonds. The van der Waals surface area contributed by atoms with Crippen LogP contribution in [0.25, 0.3) is 0 Å². The second-order valence-electron chi connectivity index (χ2n) is 6.33. The number of aryl methyl sites for hydroxylation is 1. The second kappa shape index (κ2) is 7.49. The van der Waals surface area contributed by atoms with Crippen molar-refractivity contribution in [2.45, 2.75) is 19.4 Å². The number of aromatic nitrogens is 3. The molecule has 2 aromatic carbocycles. The number of amides is 1. The lowest BCUT2D eigenvalue weighted by atomic mass is 10.0. The largest absolute Gasteiger partial charge is 0.490 e. The van der Waals surface area contributed by atoms with Crippen LogP contribution in [0, 0.1) is 6.92 Å². The van der Waals surface area contributed by atoms with E-state index in [2.05, 4.69) is 15.4 Å². The summed E-state index contributed by atoms with van der Waals surface area (Å²) in [5.74, 6) is 2.04. The molecule has 1 aromatic heterocycles. The Morgan fingerprint density at radius 1 is 1.11 bits per heavy atom. The predicted octanol–water partition coefficient (Wildman–Crippen LogP) is 2.98. The fourth-order valence-corrected chi connectivity index (χ4v) is 3.08. The Morgan fingerprint density at radius 2 is 1.89 bits per heavy atom. The lowest BCUT2D eigenvalue weighted by Crippen LogP contribution is -2.29. The zero-order chi connectivity index (χ0) is 18.6. The zero-order valence-electron chi connectivity index (χ0n) is 15.0. The van der Waals surface area contributed by atoms with Crippen molar-refractivity contribution in [3.05, 3.63) is 66.0 Å². The fraction of sp³-hybridized carbons (Fsp3) is 0.250. The normalized spacial score (nSPS) is 15.7. The molecule has 0 saturated carbocycles. The van der Waals surface area contributed by atoms with Gasteiger partial charge in [-0.15, -0.1) is 0 Å². The number of hydrogen-bond acceptors (Lipinski definition) is 5. The number of nitrogens with zero attached hydrogens (tertiary/aromatic N) is 3. The SMILES string of the molecule is Cc1ccccc1OCCOc1ccc(C2CC(=O)Nc3ncnn32)cc1. The van der Waals surface area contributed by atoms with E-state index in [1.54, 1.807) is 4.68 Å². The van der Waals surface area contributed by atoms with Crippen LogP contribution in [0.2, 0.25) is 0 Å². The smallest absolute Gasteiger partial charge is 0.229 e. The van der Waals surface area contributed by atoms with Crippen molar-refractivity contribution in [1.82, 2.24) is 14.8 Å². The van der Waals surface area contributed by atoms with Gasteiger partial charge in [0.05, 0.1) is 12.5 Å². The highest BCUT2D eigenvalue weighted by atomic mass is 16.5. The Balaban J connectivity index is 1.35. The molecule has 0 saturated heterocycles. The number of nitrogens with one attached hydrogen (secondary N) is 1. The summed E-state index contributed by atoms with van der Waals surface area (Å²) in [6.07, 6.45) is 1.78. The van der Waals surface area contributed by atoms with Gasteiger partial charge in [-0.25, -0.2) is 4.68 Å². The molecule has 27 heavy (non-hydrogen) atoms. The summed E-state index contributed by atoms with van der Waals surface area (Å²) in [6.45, 7) is 2.94. The van der Waals surface area contributed by atoms with Gasteiger partial charge in [0.25, 0.3) is 0 Å². The van der Waals surface area contributed by atoms with Gasteiger partial charge in [-0.2, -0.15) is 10.1 Å². The van der Waals surface area contributed by atoms with Crippen molar-refractivity contribution in [2.75, 3.05) is 18.5 Å². The van der Waals surface area contributed by atoms with Crippen molar-refractivity contribution >= 4 is 11.9 Å². The van der Waals surface area contributed by atoms with E-state index >= 15 is 0 Å². The molecule has 1 atom stereocenters. The molecule has 138 valence electrons. The Bertz CT molecular complexity index is 936. The molecule has 0 radical (unpaired) electrons. The molecule has 7 nitrogen and oxygen atoms in total. The maximum atomic E-state index is 11.9. The van der Waals surface area contributed by atoms with Gasteiger partial charge in [-0.05, 0) is 36.2 Å². The summed E-state index contributed by atoms with van der Waals surface area (Å²) in [7, 11) is 0. The molecule has 0 aliphatic carbocycles. The van der Waals surface area contributed by atoms with E-state index in [1.807, 2.05) is 55.5 Å². The van der Waals surface area contributed by atoms with Gasteiger partial charge >= 0.3 is 0 Å². The minimum atomic E-state index is -0.158. The number of benzene rings is 2. The number of ether oxygens (including phenoxy) is 2. The fourth-order valence-electron chi connectivity index (χ4n) is 3.08. The molecular weight excluding hydrogens is 344 g/mol. The second-order valence-corrected chi connectivity index (χ2v) is 6.33. The van der Waals surface area contributed by atoms with E-state index in [-0.39, 0.29) is 11.9 Å². The first kappa shape index (κ1) is 17.1. The van der Waals surface area contributed by atoms with Crippen LogP contribution >= 0.6 is 0 Å².